The third-order valence-corrected chi connectivity index (χ3v) is 3.79. The lowest BCUT2D eigenvalue weighted by Gasteiger charge is -2.19. The normalized spacial score (nSPS) is 11.2. The third kappa shape index (κ3) is 4.46. The number of nitrogens with zero attached hydrogens (tertiary/aromatic N) is 1. The standard InChI is InChI=1S/C17H19ClN2O2/c1-17(2,16(19)21)10-9-12-3-8-15(20-11-12)22-14-6-4-13(18)5-7-14/h3-8,11H,9-10H2,1-2H3,(H2,19,21). The number of halogens is 1. The van der Waals surface area contributed by atoms with Gasteiger partial charge in [-0.1, -0.05) is 31.5 Å². The van der Waals surface area contributed by atoms with Gasteiger partial charge >= 0.3 is 0 Å². The highest BCUT2D eigenvalue weighted by atomic mass is 35.5. The van der Waals surface area contributed by atoms with Gasteiger partial charge in [-0.3, -0.25) is 4.79 Å². The van der Waals surface area contributed by atoms with E-state index in [-0.39, 0.29) is 5.91 Å². The Morgan fingerprint density at radius 3 is 2.45 bits per heavy atom. The van der Waals surface area contributed by atoms with Gasteiger partial charge in [-0.15, -0.1) is 0 Å². The Bertz CT molecular complexity index is 637. The molecule has 0 saturated heterocycles. The highest BCUT2D eigenvalue weighted by Gasteiger charge is 2.24. The van der Waals surface area contributed by atoms with Crippen LogP contribution >= 0.6 is 11.6 Å². The Labute approximate surface area is 135 Å². The van der Waals surface area contributed by atoms with Gasteiger partial charge in [0, 0.05) is 22.7 Å². The van der Waals surface area contributed by atoms with Gasteiger partial charge < -0.3 is 10.5 Å². The number of hydrogen-bond donors (Lipinski definition) is 1. The van der Waals surface area contributed by atoms with E-state index in [0.717, 1.165) is 12.0 Å². The van der Waals surface area contributed by atoms with E-state index in [1.165, 1.54) is 0 Å². The van der Waals surface area contributed by atoms with Crippen LogP contribution in [0.1, 0.15) is 25.8 Å². The average Bonchev–Trinajstić information content (AvgIpc) is 2.49. The van der Waals surface area contributed by atoms with E-state index in [1.54, 1.807) is 36.5 Å². The van der Waals surface area contributed by atoms with Gasteiger partial charge in [0.25, 0.3) is 0 Å². The number of aromatic nitrogens is 1. The maximum absolute atomic E-state index is 11.3. The summed E-state index contributed by atoms with van der Waals surface area (Å²) in [7, 11) is 0. The van der Waals surface area contributed by atoms with Gasteiger partial charge in [-0.2, -0.15) is 0 Å². The minimum Gasteiger partial charge on any atom is -0.439 e. The van der Waals surface area contributed by atoms with Crippen LogP contribution in [0.5, 0.6) is 11.6 Å². The first-order valence-electron chi connectivity index (χ1n) is 7.05. The number of nitrogens with two attached hydrogens (primary N) is 1. The van der Waals surface area contributed by atoms with Crippen LogP contribution < -0.4 is 10.5 Å². The number of benzene rings is 1. The topological polar surface area (TPSA) is 65.2 Å². The molecule has 0 unspecified atom stereocenters. The van der Waals surface area contributed by atoms with Gasteiger partial charge in [-0.05, 0) is 42.7 Å². The van der Waals surface area contributed by atoms with Crippen molar-refractivity contribution >= 4 is 17.5 Å². The molecule has 4 nitrogen and oxygen atoms in total. The second-order valence-electron chi connectivity index (χ2n) is 5.81. The summed E-state index contributed by atoms with van der Waals surface area (Å²) < 4.78 is 5.63. The van der Waals surface area contributed by atoms with E-state index in [9.17, 15) is 4.79 Å². The molecular formula is C17H19ClN2O2. The molecule has 1 amide bonds. The summed E-state index contributed by atoms with van der Waals surface area (Å²) in [4.78, 5) is 15.6. The molecule has 1 aromatic heterocycles. The molecule has 0 bridgehead atoms. The maximum Gasteiger partial charge on any atom is 0.223 e. The number of hydrogen-bond acceptors (Lipinski definition) is 3. The second kappa shape index (κ2) is 6.79. The van der Waals surface area contributed by atoms with E-state index < -0.39 is 5.41 Å². The highest BCUT2D eigenvalue weighted by molar-refractivity contribution is 6.30. The van der Waals surface area contributed by atoms with Gasteiger partial charge in [0.1, 0.15) is 5.75 Å². The lowest BCUT2D eigenvalue weighted by molar-refractivity contribution is -0.126. The van der Waals surface area contributed by atoms with Crippen LogP contribution in [0.25, 0.3) is 0 Å². The number of aryl methyl sites for hydroxylation is 1. The number of rotatable bonds is 6. The number of carbonyl (C=O) groups is 1. The van der Waals surface area contributed by atoms with Crippen LogP contribution in [0.15, 0.2) is 42.6 Å². The summed E-state index contributed by atoms with van der Waals surface area (Å²) in [5.41, 5.74) is 5.90. The summed E-state index contributed by atoms with van der Waals surface area (Å²) >= 11 is 5.83. The molecule has 2 aromatic rings. The first-order valence-corrected chi connectivity index (χ1v) is 7.43. The molecule has 0 saturated carbocycles. The summed E-state index contributed by atoms with van der Waals surface area (Å²) in [6.07, 6.45) is 3.17. The van der Waals surface area contributed by atoms with Crippen LogP contribution in [0.3, 0.4) is 0 Å². The summed E-state index contributed by atoms with van der Waals surface area (Å²) in [5.74, 6) is 0.905. The van der Waals surface area contributed by atoms with Crippen molar-refractivity contribution in [2.24, 2.45) is 11.1 Å². The van der Waals surface area contributed by atoms with Crippen LogP contribution in [-0.4, -0.2) is 10.9 Å². The second-order valence-corrected chi connectivity index (χ2v) is 6.25. The minimum atomic E-state index is -0.515. The Kier molecular flexibility index (Phi) is 5.03. The number of pyridine rings is 1. The van der Waals surface area contributed by atoms with Gasteiger partial charge in [0.05, 0.1) is 0 Å². The van der Waals surface area contributed by atoms with Crippen molar-refractivity contribution in [3.63, 3.8) is 0 Å². The average molecular weight is 319 g/mol. The van der Waals surface area contributed by atoms with Crippen LogP contribution in [0.2, 0.25) is 5.02 Å². The predicted octanol–water partition coefficient (Wildman–Crippen LogP) is 3.97. The summed E-state index contributed by atoms with van der Waals surface area (Å²) in [5, 5.41) is 0.660. The zero-order valence-corrected chi connectivity index (χ0v) is 13.4. The fraction of sp³-hybridized carbons (Fsp3) is 0.294. The minimum absolute atomic E-state index is 0.289. The van der Waals surface area contributed by atoms with Crippen molar-refractivity contribution < 1.29 is 9.53 Å². The molecule has 1 heterocycles. The highest BCUT2D eigenvalue weighted by Crippen LogP contribution is 2.24. The van der Waals surface area contributed by atoms with Gasteiger partial charge in [-0.25, -0.2) is 4.98 Å². The van der Waals surface area contributed by atoms with Crippen LogP contribution in [-0.2, 0) is 11.2 Å². The number of primary amides is 1. The molecule has 2 rings (SSSR count). The number of amides is 1. The quantitative estimate of drug-likeness (QED) is 0.876. The van der Waals surface area contributed by atoms with Crippen LogP contribution in [0, 0.1) is 5.41 Å². The van der Waals surface area contributed by atoms with Crippen molar-refractivity contribution in [1.29, 1.82) is 0 Å². The van der Waals surface area contributed by atoms with Crippen molar-refractivity contribution in [2.45, 2.75) is 26.7 Å². The van der Waals surface area contributed by atoms with Gasteiger partial charge in [0.2, 0.25) is 11.8 Å². The molecule has 5 heteroatoms. The van der Waals surface area contributed by atoms with E-state index in [2.05, 4.69) is 4.98 Å². The maximum atomic E-state index is 11.3. The molecule has 0 aliphatic heterocycles. The molecule has 1 aromatic carbocycles. The first-order chi connectivity index (χ1) is 10.4. The van der Waals surface area contributed by atoms with Crippen molar-refractivity contribution in [3.8, 4) is 11.6 Å². The third-order valence-electron chi connectivity index (χ3n) is 3.54. The van der Waals surface area contributed by atoms with Crippen molar-refractivity contribution in [3.05, 3.63) is 53.2 Å². The Hall–Kier alpha value is -2.07. The molecule has 0 aliphatic rings. The fourth-order valence-electron chi connectivity index (χ4n) is 1.82. The zero-order chi connectivity index (χ0) is 16.2. The lowest BCUT2D eigenvalue weighted by atomic mass is 9.86. The van der Waals surface area contributed by atoms with Crippen molar-refractivity contribution in [1.82, 2.24) is 4.98 Å². The summed E-state index contributed by atoms with van der Waals surface area (Å²) in [6, 6.07) is 10.8. The molecule has 22 heavy (non-hydrogen) atoms. The van der Waals surface area contributed by atoms with Gasteiger partial charge in [0.15, 0.2) is 0 Å². The first kappa shape index (κ1) is 16.3. The molecule has 0 aliphatic carbocycles. The smallest absolute Gasteiger partial charge is 0.223 e. The molecule has 0 radical (unpaired) electrons. The van der Waals surface area contributed by atoms with E-state index >= 15 is 0 Å². The lowest BCUT2D eigenvalue weighted by Crippen LogP contribution is -2.31. The van der Waals surface area contributed by atoms with Crippen LogP contribution in [0.4, 0.5) is 0 Å². The van der Waals surface area contributed by atoms with E-state index in [0.29, 0.717) is 23.1 Å². The Morgan fingerprint density at radius 2 is 1.91 bits per heavy atom. The Morgan fingerprint density at radius 1 is 1.23 bits per heavy atom. The SMILES string of the molecule is CC(C)(CCc1ccc(Oc2ccc(Cl)cc2)nc1)C(N)=O. The zero-order valence-electron chi connectivity index (χ0n) is 12.7. The van der Waals surface area contributed by atoms with E-state index in [1.807, 2.05) is 19.9 Å². The molecule has 0 atom stereocenters. The number of carbonyl (C=O) groups excluding carboxylic acids is 1. The molecule has 116 valence electrons. The largest absolute Gasteiger partial charge is 0.439 e. The molecule has 0 fully saturated rings. The Balaban J connectivity index is 1.95. The number of ether oxygens (including phenoxy) is 1. The summed E-state index contributed by atoms with van der Waals surface area (Å²) in [6.45, 7) is 3.70. The van der Waals surface area contributed by atoms with E-state index in [4.69, 9.17) is 22.1 Å². The fourth-order valence-corrected chi connectivity index (χ4v) is 1.95. The predicted molar refractivity (Wildman–Crippen MR) is 87.1 cm³/mol. The monoisotopic (exact) mass is 318 g/mol. The molecule has 0 spiro atoms. The molecular weight excluding hydrogens is 300 g/mol. The van der Waals surface area contributed by atoms with Crippen molar-refractivity contribution in [2.75, 3.05) is 0 Å². The molecule has 2 N–H and O–H groups in total.